The van der Waals surface area contributed by atoms with Crippen LogP contribution in [0.25, 0.3) is 44.3 Å². The number of nitrogens with one attached hydrogen (secondary N) is 2. The molecule has 1 aliphatic rings. The van der Waals surface area contributed by atoms with E-state index in [1.807, 2.05) is 18.2 Å². The Hall–Kier alpha value is -5.38. The Labute approximate surface area is 313 Å². The van der Waals surface area contributed by atoms with E-state index in [1.165, 1.54) is 10.8 Å². The lowest BCUT2D eigenvalue weighted by molar-refractivity contribution is 0.0983. The van der Waals surface area contributed by atoms with Gasteiger partial charge in [0.1, 0.15) is 11.3 Å². The smallest absolute Gasteiger partial charge is 0.409 e. The van der Waals surface area contributed by atoms with Gasteiger partial charge in [-0.25, -0.2) is 28.2 Å². The number of aromatic nitrogens is 6. The van der Waals surface area contributed by atoms with Gasteiger partial charge >= 0.3 is 6.09 Å². The van der Waals surface area contributed by atoms with Crippen LogP contribution in [-0.4, -0.2) is 80.9 Å². The first-order valence-corrected chi connectivity index (χ1v) is 19.1. The Morgan fingerprint density at radius 2 is 1.51 bits per heavy atom. The first-order valence-electron chi connectivity index (χ1n) is 16.5. The first-order chi connectivity index (χ1) is 25.3. The molecule has 7 rings (SSSR count). The standard InChI is InChI=1S/C22H24ClN5O3.C14H10ClN3O3S/c1-3-31-22(30)28-10-8-15(9-11-28)25-21-24-13-14-12-17(16-6-4-5-7-18(16)23)20(29)27(2)19(14)26-21;1-22(20,21)14-16-7-8-6-10(13(19)17-12(8)18-14)9-4-2-3-5-11(9)15/h4-7,12-13,15H,3,8-11H2,1-2H3,(H,24,25,26);2-7H,1H3,(H,16,17,18,19). The summed E-state index contributed by atoms with van der Waals surface area (Å²) in [7, 11) is -1.85. The molecule has 2 N–H and O–H groups in total. The molecule has 1 saturated heterocycles. The maximum Gasteiger partial charge on any atom is 0.409 e. The van der Waals surface area contributed by atoms with Gasteiger partial charge in [-0.3, -0.25) is 14.2 Å². The second-order valence-electron chi connectivity index (χ2n) is 12.2. The molecule has 0 saturated carbocycles. The molecular weight excluding hydrogens is 743 g/mol. The molecule has 14 nitrogen and oxygen atoms in total. The molecular formula is C36H34Cl2N8O6S. The van der Waals surface area contributed by atoms with Crippen LogP contribution < -0.4 is 16.4 Å². The SMILES string of the molecule is CCOC(=O)N1CCC(Nc2ncc3cc(-c4ccccc4Cl)c(=O)n(C)c3n2)CC1.CS(=O)(=O)c1ncc2cc(-c3ccccc3Cl)c(=O)[nH]c2n1. The lowest BCUT2D eigenvalue weighted by atomic mass is 10.1. The molecule has 0 radical (unpaired) electrons. The summed E-state index contributed by atoms with van der Waals surface area (Å²) in [6.45, 7) is 3.40. The number of anilines is 1. The van der Waals surface area contributed by atoms with Crippen LogP contribution in [0.1, 0.15) is 19.8 Å². The van der Waals surface area contributed by atoms with Gasteiger partial charge in [0.05, 0.1) is 6.61 Å². The van der Waals surface area contributed by atoms with Gasteiger partial charge in [0.15, 0.2) is 0 Å². The van der Waals surface area contributed by atoms with Crippen molar-refractivity contribution in [2.45, 2.75) is 31.0 Å². The van der Waals surface area contributed by atoms with E-state index >= 15 is 0 Å². The van der Waals surface area contributed by atoms with Crippen LogP contribution in [0, 0.1) is 0 Å². The van der Waals surface area contributed by atoms with Crippen molar-refractivity contribution >= 4 is 67.1 Å². The highest BCUT2D eigenvalue weighted by Crippen LogP contribution is 2.28. The molecule has 2 aromatic carbocycles. The van der Waals surface area contributed by atoms with Gasteiger partial charge in [-0.2, -0.15) is 4.98 Å². The number of carbonyl (C=O) groups excluding carboxylic acids is 1. The summed E-state index contributed by atoms with van der Waals surface area (Å²) in [5.41, 5.74) is 2.28. The Kier molecular flexibility index (Phi) is 11.1. The van der Waals surface area contributed by atoms with Gasteiger partial charge in [0, 0.05) is 87.9 Å². The summed E-state index contributed by atoms with van der Waals surface area (Å²) < 4.78 is 29.5. The third-order valence-corrected chi connectivity index (χ3v) is 10.1. The number of ether oxygens (including phenoxy) is 1. The van der Waals surface area contributed by atoms with Crippen LogP contribution in [0.5, 0.6) is 0 Å². The number of carbonyl (C=O) groups is 1. The highest BCUT2D eigenvalue weighted by atomic mass is 35.5. The second kappa shape index (κ2) is 15.7. The highest BCUT2D eigenvalue weighted by Gasteiger charge is 2.24. The number of H-pyrrole nitrogens is 1. The molecule has 0 unspecified atom stereocenters. The van der Waals surface area contributed by atoms with Crippen LogP contribution in [0.3, 0.4) is 0 Å². The van der Waals surface area contributed by atoms with Crippen molar-refractivity contribution in [3.63, 3.8) is 0 Å². The van der Waals surface area contributed by atoms with Crippen molar-refractivity contribution in [1.82, 2.24) is 34.4 Å². The zero-order valence-electron chi connectivity index (χ0n) is 28.8. The molecule has 0 aliphatic carbocycles. The number of sulfone groups is 1. The topological polar surface area (TPSA) is 182 Å². The quantitative estimate of drug-likeness (QED) is 0.197. The average molecular weight is 778 g/mol. The maximum absolute atomic E-state index is 13.0. The number of halogens is 2. The lowest BCUT2D eigenvalue weighted by Gasteiger charge is -2.31. The van der Waals surface area contributed by atoms with Crippen molar-refractivity contribution in [2.24, 2.45) is 7.05 Å². The number of fused-ring (bicyclic) bond motifs is 2. The molecule has 6 aromatic rings. The van der Waals surface area contributed by atoms with E-state index in [2.05, 4.69) is 30.2 Å². The fourth-order valence-corrected chi connectivity index (χ4v) is 6.80. The summed E-state index contributed by atoms with van der Waals surface area (Å²) in [4.78, 5) is 58.0. The van der Waals surface area contributed by atoms with Crippen LogP contribution in [0.15, 0.2) is 87.8 Å². The second-order valence-corrected chi connectivity index (χ2v) is 14.9. The number of likely N-dealkylation sites (tertiary alicyclic amines) is 1. The summed E-state index contributed by atoms with van der Waals surface area (Å²) in [6.07, 6.45) is 5.33. The predicted octanol–water partition coefficient (Wildman–Crippen LogP) is 5.72. The Morgan fingerprint density at radius 1 is 0.906 bits per heavy atom. The Morgan fingerprint density at radius 3 is 2.13 bits per heavy atom. The number of amides is 1. The first kappa shape index (κ1) is 37.4. The number of piperidine rings is 1. The van der Waals surface area contributed by atoms with E-state index in [1.54, 1.807) is 67.5 Å². The van der Waals surface area contributed by atoms with E-state index in [4.69, 9.17) is 27.9 Å². The minimum Gasteiger partial charge on any atom is -0.450 e. The van der Waals surface area contributed by atoms with E-state index in [0.717, 1.165) is 24.5 Å². The molecule has 0 spiro atoms. The molecule has 4 aromatic heterocycles. The van der Waals surface area contributed by atoms with Gasteiger partial charge < -0.3 is 19.9 Å². The molecule has 1 aliphatic heterocycles. The summed E-state index contributed by atoms with van der Waals surface area (Å²) in [6, 6.07) is 17.7. The average Bonchev–Trinajstić information content (AvgIpc) is 3.14. The number of rotatable bonds is 6. The van der Waals surface area contributed by atoms with E-state index in [0.29, 0.717) is 69.0 Å². The Bertz CT molecular complexity index is 2570. The van der Waals surface area contributed by atoms with Crippen LogP contribution in [0.2, 0.25) is 10.0 Å². The van der Waals surface area contributed by atoms with Crippen LogP contribution in [0.4, 0.5) is 10.7 Å². The van der Waals surface area contributed by atoms with E-state index in [9.17, 15) is 22.8 Å². The van der Waals surface area contributed by atoms with Gasteiger partial charge in [-0.15, -0.1) is 0 Å². The van der Waals surface area contributed by atoms with E-state index < -0.39 is 15.4 Å². The van der Waals surface area contributed by atoms with Gasteiger partial charge in [0.2, 0.25) is 20.9 Å². The number of hydrogen-bond acceptors (Lipinski definition) is 11. The molecule has 17 heteroatoms. The number of pyridine rings is 2. The summed E-state index contributed by atoms with van der Waals surface area (Å²) in [5.74, 6) is 0.461. The minimum absolute atomic E-state index is 0.141. The van der Waals surface area contributed by atoms with Gasteiger partial charge in [-0.1, -0.05) is 59.6 Å². The Balaban J connectivity index is 0.000000192. The highest BCUT2D eigenvalue weighted by molar-refractivity contribution is 7.90. The third-order valence-electron chi connectivity index (χ3n) is 8.53. The zero-order valence-corrected chi connectivity index (χ0v) is 31.2. The molecule has 0 atom stereocenters. The summed E-state index contributed by atoms with van der Waals surface area (Å²) >= 11 is 12.4. The third kappa shape index (κ3) is 8.32. The van der Waals surface area contributed by atoms with E-state index in [-0.39, 0.29) is 28.5 Å². The number of hydrogen-bond donors (Lipinski definition) is 2. The fraction of sp³-hybridized carbons (Fsp3) is 0.250. The number of aromatic amines is 1. The monoisotopic (exact) mass is 776 g/mol. The molecule has 0 bridgehead atoms. The zero-order chi connectivity index (χ0) is 37.9. The van der Waals surface area contributed by atoms with Crippen LogP contribution in [-0.2, 0) is 21.6 Å². The molecule has 53 heavy (non-hydrogen) atoms. The number of benzene rings is 2. The van der Waals surface area contributed by atoms with Crippen molar-refractivity contribution in [3.05, 3.63) is 104 Å². The van der Waals surface area contributed by atoms with Crippen molar-refractivity contribution in [1.29, 1.82) is 0 Å². The minimum atomic E-state index is -3.54. The molecule has 5 heterocycles. The summed E-state index contributed by atoms with van der Waals surface area (Å²) in [5, 5.41) is 5.23. The molecule has 1 fully saturated rings. The maximum atomic E-state index is 13.0. The fourth-order valence-electron chi connectivity index (χ4n) is 5.83. The normalized spacial score (nSPS) is 13.4. The lowest BCUT2D eigenvalue weighted by Crippen LogP contribution is -2.42. The predicted molar refractivity (Wildman–Crippen MR) is 204 cm³/mol. The van der Waals surface area contributed by atoms with Crippen molar-refractivity contribution in [3.8, 4) is 22.3 Å². The number of nitrogens with zero attached hydrogens (tertiary/aromatic N) is 6. The van der Waals surface area contributed by atoms with Gasteiger partial charge in [-0.05, 0) is 44.0 Å². The number of aryl methyl sites for hydroxylation is 1. The van der Waals surface area contributed by atoms with Crippen LogP contribution >= 0.6 is 23.2 Å². The van der Waals surface area contributed by atoms with Crippen molar-refractivity contribution in [2.75, 3.05) is 31.3 Å². The molecule has 1 amide bonds. The molecule has 274 valence electrons. The van der Waals surface area contributed by atoms with Crippen molar-refractivity contribution < 1.29 is 17.9 Å². The van der Waals surface area contributed by atoms with Gasteiger partial charge in [0.25, 0.3) is 11.1 Å². The largest absolute Gasteiger partial charge is 0.450 e.